The van der Waals surface area contributed by atoms with Crippen LogP contribution >= 0.6 is 12.8 Å². The molecule has 0 aromatic rings. The molecule has 3 heteroatoms. The molecule has 48 valence electrons. The van der Waals surface area contributed by atoms with E-state index >= 15 is 0 Å². The summed E-state index contributed by atoms with van der Waals surface area (Å²) >= 11 is 3.79. The molecule has 2 N–H and O–H groups in total. The molecule has 0 radical (unpaired) electrons. The van der Waals surface area contributed by atoms with Crippen LogP contribution in [0.1, 0.15) is 19.3 Å². The maximum absolute atomic E-state index is 9.30. The Morgan fingerprint density at radius 2 is 2.25 bits per heavy atom. The third kappa shape index (κ3) is 1.16. The fourth-order valence-corrected chi connectivity index (χ4v) is 1.20. The summed E-state index contributed by atoms with van der Waals surface area (Å²) in [6, 6.07) is 0. The van der Waals surface area contributed by atoms with Crippen LogP contribution in [0.5, 0.6) is 0 Å². The Hall–Kier alpha value is 0.270. The molecule has 0 unspecified atom stereocenters. The van der Waals surface area contributed by atoms with Crippen LogP contribution in [-0.2, 0) is 0 Å². The number of thiol groups is 1. The molecule has 1 saturated carbocycles. The summed E-state index contributed by atoms with van der Waals surface area (Å²) in [6.07, 6.45) is 3.02. The molecule has 0 amide bonds. The summed E-state index contributed by atoms with van der Waals surface area (Å²) in [5.41, 5.74) is -0.415. The first-order chi connectivity index (χ1) is 3.77. The standard InChI is InChI=1S/C5H11NOS/c7-5(4-6-8)2-1-3-5/h6-8H,1-4H2. The van der Waals surface area contributed by atoms with E-state index in [0.717, 1.165) is 19.3 Å². The maximum Gasteiger partial charge on any atom is 0.0780 e. The second-order valence-electron chi connectivity index (χ2n) is 2.41. The van der Waals surface area contributed by atoms with Gasteiger partial charge >= 0.3 is 0 Å². The van der Waals surface area contributed by atoms with Crippen LogP contribution < -0.4 is 4.72 Å². The largest absolute Gasteiger partial charge is 0.389 e. The molecule has 1 rings (SSSR count). The van der Waals surface area contributed by atoms with Crippen molar-refractivity contribution in [2.45, 2.75) is 24.9 Å². The summed E-state index contributed by atoms with van der Waals surface area (Å²) < 4.78 is 2.65. The highest BCUT2D eigenvalue weighted by atomic mass is 32.1. The number of rotatable bonds is 2. The zero-order valence-electron chi connectivity index (χ0n) is 4.72. The highest BCUT2D eigenvalue weighted by Gasteiger charge is 2.33. The summed E-state index contributed by atoms with van der Waals surface area (Å²) in [5, 5.41) is 9.30. The predicted octanol–water partition coefficient (Wildman–Crippen LogP) is 0.336. The van der Waals surface area contributed by atoms with Crippen molar-refractivity contribution in [3.8, 4) is 0 Å². The molecule has 0 atom stereocenters. The van der Waals surface area contributed by atoms with Gasteiger partial charge in [0.25, 0.3) is 0 Å². The summed E-state index contributed by atoms with van der Waals surface area (Å²) in [5.74, 6) is 0. The lowest BCUT2D eigenvalue weighted by Crippen LogP contribution is -2.44. The van der Waals surface area contributed by atoms with E-state index in [1.807, 2.05) is 0 Å². The van der Waals surface area contributed by atoms with Crippen molar-refractivity contribution in [3.05, 3.63) is 0 Å². The van der Waals surface area contributed by atoms with Crippen molar-refractivity contribution in [3.63, 3.8) is 0 Å². The quantitative estimate of drug-likeness (QED) is 0.474. The Labute approximate surface area is 54.8 Å². The van der Waals surface area contributed by atoms with Gasteiger partial charge in [0, 0.05) is 6.54 Å². The van der Waals surface area contributed by atoms with Crippen LogP contribution in [0.2, 0.25) is 0 Å². The number of hydrogen-bond acceptors (Lipinski definition) is 3. The lowest BCUT2D eigenvalue weighted by Gasteiger charge is -2.35. The first-order valence-electron chi connectivity index (χ1n) is 2.86. The minimum Gasteiger partial charge on any atom is -0.389 e. The van der Waals surface area contributed by atoms with Crippen LogP contribution in [0.4, 0.5) is 0 Å². The Kier molecular flexibility index (Phi) is 1.80. The van der Waals surface area contributed by atoms with E-state index in [2.05, 4.69) is 17.5 Å². The first kappa shape index (κ1) is 6.39. The normalized spacial score (nSPS) is 24.8. The number of aliphatic hydroxyl groups is 1. The second kappa shape index (κ2) is 2.25. The molecular formula is C5H11NOS. The van der Waals surface area contributed by atoms with Gasteiger partial charge in [0.05, 0.1) is 5.60 Å². The molecule has 1 aliphatic carbocycles. The van der Waals surface area contributed by atoms with Gasteiger partial charge in [-0.1, -0.05) is 12.8 Å². The molecule has 0 aromatic heterocycles. The zero-order valence-corrected chi connectivity index (χ0v) is 5.62. The van der Waals surface area contributed by atoms with Crippen LogP contribution in [0.15, 0.2) is 0 Å². The molecule has 0 aromatic carbocycles. The van der Waals surface area contributed by atoms with Crippen molar-refractivity contribution < 1.29 is 5.11 Å². The maximum atomic E-state index is 9.30. The molecular weight excluding hydrogens is 122 g/mol. The fourth-order valence-electron chi connectivity index (χ4n) is 0.909. The van der Waals surface area contributed by atoms with Gasteiger partial charge in [-0.05, 0) is 19.3 Å². The number of hydrogen-bond donors (Lipinski definition) is 3. The van der Waals surface area contributed by atoms with Crippen molar-refractivity contribution in [1.82, 2.24) is 4.72 Å². The summed E-state index contributed by atoms with van der Waals surface area (Å²) in [7, 11) is 0. The minimum atomic E-state index is -0.415. The topological polar surface area (TPSA) is 32.3 Å². The van der Waals surface area contributed by atoms with Crippen molar-refractivity contribution >= 4 is 12.8 Å². The Morgan fingerprint density at radius 1 is 1.62 bits per heavy atom. The van der Waals surface area contributed by atoms with E-state index in [4.69, 9.17) is 0 Å². The molecule has 0 aliphatic heterocycles. The third-order valence-electron chi connectivity index (χ3n) is 1.69. The zero-order chi connectivity index (χ0) is 6.04. The van der Waals surface area contributed by atoms with E-state index in [9.17, 15) is 5.11 Å². The van der Waals surface area contributed by atoms with E-state index in [-0.39, 0.29) is 0 Å². The monoisotopic (exact) mass is 133 g/mol. The van der Waals surface area contributed by atoms with Gasteiger partial charge < -0.3 is 5.11 Å². The molecule has 1 aliphatic rings. The van der Waals surface area contributed by atoms with Gasteiger partial charge in [0.2, 0.25) is 0 Å². The van der Waals surface area contributed by atoms with Crippen molar-refractivity contribution in [2.75, 3.05) is 6.54 Å². The highest BCUT2D eigenvalue weighted by molar-refractivity contribution is 7.78. The SMILES string of the molecule is OC1(CNS)CCC1. The van der Waals surface area contributed by atoms with Crippen LogP contribution in [-0.4, -0.2) is 17.3 Å². The van der Waals surface area contributed by atoms with Gasteiger partial charge in [-0.15, -0.1) is 0 Å². The second-order valence-corrected chi connectivity index (χ2v) is 2.73. The lowest BCUT2D eigenvalue weighted by molar-refractivity contribution is -0.0264. The van der Waals surface area contributed by atoms with Gasteiger partial charge in [0.1, 0.15) is 0 Å². The van der Waals surface area contributed by atoms with E-state index in [1.165, 1.54) is 0 Å². The summed E-state index contributed by atoms with van der Waals surface area (Å²) in [6.45, 7) is 0.621. The summed E-state index contributed by atoms with van der Waals surface area (Å²) in [4.78, 5) is 0. The fraction of sp³-hybridized carbons (Fsp3) is 1.00. The molecule has 0 saturated heterocycles. The predicted molar refractivity (Wildman–Crippen MR) is 35.8 cm³/mol. The molecule has 8 heavy (non-hydrogen) atoms. The van der Waals surface area contributed by atoms with Gasteiger partial charge in [-0.25, -0.2) is 0 Å². The Morgan fingerprint density at radius 3 is 2.38 bits per heavy atom. The van der Waals surface area contributed by atoms with Crippen LogP contribution in [0.25, 0.3) is 0 Å². The van der Waals surface area contributed by atoms with E-state index in [1.54, 1.807) is 0 Å². The average Bonchev–Trinajstić information content (AvgIpc) is 1.64. The number of nitrogens with one attached hydrogen (secondary N) is 1. The average molecular weight is 133 g/mol. The minimum absolute atomic E-state index is 0.415. The Balaban J connectivity index is 2.20. The van der Waals surface area contributed by atoms with Gasteiger partial charge in [-0.2, -0.15) is 0 Å². The highest BCUT2D eigenvalue weighted by Crippen LogP contribution is 2.30. The van der Waals surface area contributed by atoms with Crippen molar-refractivity contribution in [1.29, 1.82) is 0 Å². The van der Waals surface area contributed by atoms with Crippen LogP contribution in [0, 0.1) is 0 Å². The van der Waals surface area contributed by atoms with Gasteiger partial charge in [-0.3, -0.25) is 4.72 Å². The molecule has 0 spiro atoms. The smallest absolute Gasteiger partial charge is 0.0780 e. The molecule has 0 heterocycles. The third-order valence-corrected chi connectivity index (χ3v) is 1.85. The van der Waals surface area contributed by atoms with E-state index < -0.39 is 5.60 Å². The molecule has 1 fully saturated rings. The molecule has 2 nitrogen and oxygen atoms in total. The van der Waals surface area contributed by atoms with Crippen molar-refractivity contribution in [2.24, 2.45) is 0 Å². The lowest BCUT2D eigenvalue weighted by atomic mass is 9.81. The van der Waals surface area contributed by atoms with Crippen LogP contribution in [0.3, 0.4) is 0 Å². The Bertz CT molecular complexity index is 82.5. The van der Waals surface area contributed by atoms with Gasteiger partial charge in [0.15, 0.2) is 0 Å². The molecule has 0 bridgehead atoms. The van der Waals surface area contributed by atoms with E-state index in [0.29, 0.717) is 6.54 Å². The first-order valence-corrected chi connectivity index (χ1v) is 3.31.